The molecule has 0 bridgehead atoms. The van der Waals surface area contributed by atoms with E-state index in [4.69, 9.17) is 11.3 Å². The van der Waals surface area contributed by atoms with Crippen molar-refractivity contribution in [2.24, 2.45) is 5.92 Å². The van der Waals surface area contributed by atoms with Crippen molar-refractivity contribution in [3.05, 3.63) is 44.1 Å². The summed E-state index contributed by atoms with van der Waals surface area (Å²) in [5, 5.41) is 3.39. The fourth-order valence-electron chi connectivity index (χ4n) is 4.16. The van der Waals surface area contributed by atoms with Crippen LogP contribution in [0.2, 0.25) is 0 Å². The molecule has 0 radical (unpaired) electrons. The summed E-state index contributed by atoms with van der Waals surface area (Å²) in [6.07, 6.45) is 2.58. The van der Waals surface area contributed by atoms with Crippen LogP contribution in [0.1, 0.15) is 25.3 Å². The number of rotatable bonds is 7. The van der Waals surface area contributed by atoms with Crippen LogP contribution in [-0.4, -0.2) is 49.4 Å². The van der Waals surface area contributed by atoms with E-state index in [0.717, 1.165) is 25.8 Å². The Morgan fingerprint density at radius 1 is 1.38 bits per heavy atom. The van der Waals surface area contributed by atoms with Crippen LogP contribution < -0.4 is 26.2 Å². The number of methoxy groups -OCH3 is 1. The second kappa shape index (κ2) is 7.87. The van der Waals surface area contributed by atoms with Crippen molar-refractivity contribution in [3.8, 4) is 5.75 Å². The van der Waals surface area contributed by atoms with Gasteiger partial charge in [0.1, 0.15) is 11.2 Å². The van der Waals surface area contributed by atoms with Gasteiger partial charge in [0.25, 0.3) is 5.56 Å². The SMILES string of the molecule is [C-]#[N+]CCNCC1CCN(c2c(F)cc3c(=O)[nH]c(=O)n(C4CC4)c3c2OC)C1. The molecule has 2 fully saturated rings. The fourth-order valence-corrected chi connectivity index (χ4v) is 4.16. The highest BCUT2D eigenvalue weighted by Crippen LogP contribution is 2.43. The standard InChI is InChI=1S/C20H24FN5O3/c1-22-6-7-23-10-12-5-8-25(11-12)17-15(21)9-14-16(18(17)29-2)26(13-3-4-13)20(28)24-19(14)27/h9,12-13,23H,3-8,10-11H2,2H3,(H,24,27,28). The molecule has 2 N–H and O–H groups in total. The lowest BCUT2D eigenvalue weighted by atomic mass is 10.1. The van der Waals surface area contributed by atoms with E-state index >= 15 is 4.39 Å². The minimum atomic E-state index is -0.603. The number of H-pyrrole nitrogens is 1. The fraction of sp³-hybridized carbons (Fsp3) is 0.550. The van der Waals surface area contributed by atoms with Crippen LogP contribution in [0.25, 0.3) is 15.7 Å². The monoisotopic (exact) mass is 401 g/mol. The molecule has 1 aliphatic heterocycles. The largest absolute Gasteiger partial charge is 0.492 e. The Kier molecular flexibility index (Phi) is 5.28. The van der Waals surface area contributed by atoms with Gasteiger partial charge in [0.05, 0.1) is 19.0 Å². The maximum Gasteiger partial charge on any atom is 0.329 e. The molecule has 1 saturated carbocycles. The van der Waals surface area contributed by atoms with Crippen LogP contribution >= 0.6 is 0 Å². The van der Waals surface area contributed by atoms with Gasteiger partial charge >= 0.3 is 5.69 Å². The van der Waals surface area contributed by atoms with E-state index in [1.54, 1.807) is 0 Å². The molecular weight excluding hydrogens is 377 g/mol. The third-order valence-corrected chi connectivity index (χ3v) is 5.66. The summed E-state index contributed by atoms with van der Waals surface area (Å²) in [6, 6.07) is 1.22. The van der Waals surface area contributed by atoms with Crippen molar-refractivity contribution in [3.63, 3.8) is 0 Å². The summed E-state index contributed by atoms with van der Waals surface area (Å²) in [5.74, 6) is 0.0458. The Hall–Kier alpha value is -2.86. The molecule has 9 heteroatoms. The highest BCUT2D eigenvalue weighted by Gasteiger charge is 2.33. The lowest BCUT2D eigenvalue weighted by Crippen LogP contribution is -2.31. The first-order valence-corrected chi connectivity index (χ1v) is 9.89. The molecule has 1 atom stereocenters. The first-order valence-electron chi connectivity index (χ1n) is 9.89. The molecule has 8 nitrogen and oxygen atoms in total. The van der Waals surface area contributed by atoms with Crippen molar-refractivity contribution in [1.29, 1.82) is 0 Å². The zero-order valence-corrected chi connectivity index (χ0v) is 16.3. The Bertz CT molecular complexity index is 1080. The van der Waals surface area contributed by atoms with Gasteiger partial charge in [-0.15, -0.1) is 0 Å². The Morgan fingerprint density at radius 2 is 2.17 bits per heavy atom. The molecule has 1 aromatic carbocycles. The molecule has 2 aromatic rings. The number of halogens is 1. The van der Waals surface area contributed by atoms with Gasteiger partial charge in [-0.1, -0.05) is 0 Å². The molecule has 2 aliphatic rings. The van der Waals surface area contributed by atoms with Crippen molar-refractivity contribution in [2.45, 2.75) is 25.3 Å². The zero-order valence-electron chi connectivity index (χ0n) is 16.3. The maximum absolute atomic E-state index is 15.1. The van der Waals surface area contributed by atoms with Crippen LogP contribution in [0.3, 0.4) is 0 Å². The Labute approximate surface area is 167 Å². The predicted molar refractivity (Wildman–Crippen MR) is 108 cm³/mol. The molecule has 29 heavy (non-hydrogen) atoms. The number of hydrogen-bond donors (Lipinski definition) is 2. The molecule has 2 heterocycles. The van der Waals surface area contributed by atoms with E-state index in [1.807, 2.05) is 4.90 Å². The summed E-state index contributed by atoms with van der Waals surface area (Å²) >= 11 is 0. The van der Waals surface area contributed by atoms with Crippen LogP contribution in [0.15, 0.2) is 15.7 Å². The number of nitrogens with one attached hydrogen (secondary N) is 2. The lowest BCUT2D eigenvalue weighted by Gasteiger charge is -2.24. The highest BCUT2D eigenvalue weighted by atomic mass is 19.1. The van der Waals surface area contributed by atoms with Gasteiger partial charge < -0.3 is 19.8 Å². The van der Waals surface area contributed by atoms with Crippen LogP contribution in [0.4, 0.5) is 10.1 Å². The average molecular weight is 401 g/mol. The van der Waals surface area contributed by atoms with Crippen molar-refractivity contribution in [1.82, 2.24) is 14.9 Å². The third-order valence-electron chi connectivity index (χ3n) is 5.66. The quantitative estimate of drug-likeness (QED) is 0.543. The molecule has 1 saturated heterocycles. The van der Waals surface area contributed by atoms with Crippen molar-refractivity contribution >= 4 is 16.6 Å². The van der Waals surface area contributed by atoms with E-state index in [-0.39, 0.29) is 17.2 Å². The first-order chi connectivity index (χ1) is 14.0. The Balaban J connectivity index is 1.73. The summed E-state index contributed by atoms with van der Waals surface area (Å²) in [6.45, 7) is 9.96. The van der Waals surface area contributed by atoms with E-state index in [0.29, 0.717) is 43.3 Å². The van der Waals surface area contributed by atoms with Gasteiger partial charge in [0, 0.05) is 19.1 Å². The lowest BCUT2D eigenvalue weighted by molar-refractivity contribution is 0.413. The normalized spacial score (nSPS) is 18.9. The summed E-state index contributed by atoms with van der Waals surface area (Å²) in [5.41, 5.74) is -0.403. The van der Waals surface area contributed by atoms with E-state index < -0.39 is 17.1 Å². The molecular formula is C20H24FN5O3. The summed E-state index contributed by atoms with van der Waals surface area (Å²) in [4.78, 5) is 32.3. The maximum atomic E-state index is 15.1. The molecule has 1 aliphatic carbocycles. The number of anilines is 1. The minimum Gasteiger partial charge on any atom is -0.492 e. The molecule has 1 aromatic heterocycles. The Morgan fingerprint density at radius 3 is 2.86 bits per heavy atom. The zero-order chi connectivity index (χ0) is 20.5. The molecule has 0 spiro atoms. The van der Waals surface area contributed by atoms with Gasteiger partial charge in [0.2, 0.25) is 6.54 Å². The first kappa shape index (κ1) is 19.5. The van der Waals surface area contributed by atoms with Gasteiger partial charge in [-0.2, -0.15) is 0 Å². The van der Waals surface area contributed by atoms with Crippen molar-refractivity contribution < 1.29 is 9.13 Å². The molecule has 4 rings (SSSR count). The third kappa shape index (κ3) is 3.60. The average Bonchev–Trinajstić information content (AvgIpc) is 3.42. The van der Waals surface area contributed by atoms with Crippen LogP contribution in [-0.2, 0) is 0 Å². The van der Waals surface area contributed by atoms with Crippen LogP contribution in [0.5, 0.6) is 5.75 Å². The van der Waals surface area contributed by atoms with Gasteiger partial charge in [0.15, 0.2) is 11.6 Å². The smallest absolute Gasteiger partial charge is 0.329 e. The number of aromatic amines is 1. The second-order valence-electron chi connectivity index (χ2n) is 7.68. The molecule has 0 amide bonds. The van der Waals surface area contributed by atoms with Gasteiger partial charge in [-0.3, -0.25) is 14.3 Å². The minimum absolute atomic E-state index is 0.00652. The number of aromatic nitrogens is 2. The van der Waals surface area contributed by atoms with Gasteiger partial charge in [-0.05, 0) is 37.8 Å². The predicted octanol–water partition coefficient (Wildman–Crippen LogP) is 1.51. The van der Waals surface area contributed by atoms with Crippen LogP contribution in [0, 0.1) is 18.3 Å². The molecule has 1 unspecified atom stereocenters. The summed E-state index contributed by atoms with van der Waals surface area (Å²) in [7, 11) is 1.44. The van der Waals surface area contributed by atoms with E-state index in [1.165, 1.54) is 17.7 Å². The number of fused-ring (bicyclic) bond motifs is 1. The molecule has 154 valence electrons. The van der Waals surface area contributed by atoms with Gasteiger partial charge in [-0.25, -0.2) is 15.8 Å². The van der Waals surface area contributed by atoms with E-state index in [2.05, 4.69) is 15.1 Å². The number of benzene rings is 1. The van der Waals surface area contributed by atoms with E-state index in [9.17, 15) is 9.59 Å². The topological polar surface area (TPSA) is 83.7 Å². The van der Waals surface area contributed by atoms with Crippen molar-refractivity contribution in [2.75, 3.05) is 44.7 Å². The number of nitrogens with zero attached hydrogens (tertiary/aromatic N) is 3. The number of hydrogen-bond acceptors (Lipinski definition) is 5. The number of ether oxygens (including phenoxy) is 1. The highest BCUT2D eigenvalue weighted by molar-refractivity contribution is 5.91. The second-order valence-corrected chi connectivity index (χ2v) is 7.68. The summed E-state index contributed by atoms with van der Waals surface area (Å²) < 4.78 is 22.2.